The van der Waals surface area contributed by atoms with Gasteiger partial charge in [-0.2, -0.15) is 5.26 Å². The summed E-state index contributed by atoms with van der Waals surface area (Å²) in [4.78, 5) is 0. The van der Waals surface area contributed by atoms with Gasteiger partial charge in [-0.25, -0.2) is 0 Å². The highest BCUT2D eigenvalue weighted by Crippen LogP contribution is 2.15. The summed E-state index contributed by atoms with van der Waals surface area (Å²) in [5.74, 6) is 0. The second-order valence-electron chi connectivity index (χ2n) is 3.22. The first-order chi connectivity index (χ1) is 6.81. The summed E-state index contributed by atoms with van der Waals surface area (Å²) < 4.78 is 1.94. The maximum Gasteiger partial charge on any atom is 0.101 e. The predicted molar refractivity (Wildman–Crippen MR) is 55.2 cm³/mol. The topological polar surface area (TPSA) is 28.7 Å². The molecule has 0 unspecified atom stereocenters. The lowest BCUT2D eigenvalue weighted by Gasteiger charge is -2.05. The second kappa shape index (κ2) is 3.39. The number of aromatic nitrogens is 1. The van der Waals surface area contributed by atoms with Crippen LogP contribution >= 0.6 is 0 Å². The van der Waals surface area contributed by atoms with Gasteiger partial charge in [0.25, 0.3) is 0 Å². The molecule has 2 nitrogen and oxygen atoms in total. The summed E-state index contributed by atoms with van der Waals surface area (Å²) >= 11 is 0. The lowest BCUT2D eigenvalue weighted by molar-refractivity contribution is 1.07. The van der Waals surface area contributed by atoms with Gasteiger partial charge in [-0.3, -0.25) is 0 Å². The molecule has 0 atom stereocenters. The van der Waals surface area contributed by atoms with Gasteiger partial charge in [0.2, 0.25) is 0 Å². The van der Waals surface area contributed by atoms with E-state index in [9.17, 15) is 0 Å². The number of benzene rings is 1. The van der Waals surface area contributed by atoms with E-state index >= 15 is 0 Å². The smallest absolute Gasteiger partial charge is 0.101 e. The Hall–Kier alpha value is -2.01. The maximum atomic E-state index is 8.98. The Kier molecular flexibility index (Phi) is 2.08. The van der Waals surface area contributed by atoms with Crippen molar-refractivity contribution in [3.63, 3.8) is 0 Å². The molecule has 1 heterocycles. The van der Waals surface area contributed by atoms with E-state index in [2.05, 4.69) is 6.07 Å². The van der Waals surface area contributed by atoms with Crippen LogP contribution in [0, 0.1) is 18.3 Å². The summed E-state index contributed by atoms with van der Waals surface area (Å²) in [6.45, 7) is 1.99. The van der Waals surface area contributed by atoms with Gasteiger partial charge in [0.05, 0.1) is 11.3 Å². The van der Waals surface area contributed by atoms with Crippen molar-refractivity contribution in [2.45, 2.75) is 6.92 Å². The van der Waals surface area contributed by atoms with Gasteiger partial charge >= 0.3 is 0 Å². The van der Waals surface area contributed by atoms with Gasteiger partial charge < -0.3 is 4.57 Å². The van der Waals surface area contributed by atoms with E-state index in [1.807, 2.05) is 54.2 Å². The highest BCUT2D eigenvalue weighted by molar-refractivity contribution is 5.50. The molecule has 2 rings (SSSR count). The Bertz CT molecular complexity index is 476. The molecule has 0 aliphatic rings. The Labute approximate surface area is 83.0 Å². The standard InChI is InChI=1S/C12H10N2/c1-10-4-5-12(11(8-10)9-13)14-6-2-3-7-14/h2-8H,1H3. The van der Waals surface area contributed by atoms with Gasteiger partial charge in [0.1, 0.15) is 6.07 Å². The van der Waals surface area contributed by atoms with E-state index < -0.39 is 0 Å². The molecule has 14 heavy (non-hydrogen) atoms. The predicted octanol–water partition coefficient (Wildman–Crippen LogP) is 2.66. The van der Waals surface area contributed by atoms with Crippen LogP contribution in [0.15, 0.2) is 42.7 Å². The molecule has 0 fully saturated rings. The van der Waals surface area contributed by atoms with E-state index in [0.29, 0.717) is 5.56 Å². The molecule has 0 aliphatic heterocycles. The molecule has 0 N–H and O–H groups in total. The number of hydrogen-bond acceptors (Lipinski definition) is 1. The Morgan fingerprint density at radius 3 is 2.57 bits per heavy atom. The SMILES string of the molecule is Cc1ccc(-n2cccc2)c(C#N)c1. The van der Waals surface area contributed by atoms with E-state index in [0.717, 1.165) is 11.3 Å². The minimum Gasteiger partial charge on any atom is -0.323 e. The molecule has 0 spiro atoms. The zero-order valence-corrected chi connectivity index (χ0v) is 7.94. The summed E-state index contributed by atoms with van der Waals surface area (Å²) in [5, 5.41) is 8.98. The van der Waals surface area contributed by atoms with Crippen LogP contribution in [0.1, 0.15) is 11.1 Å². The largest absolute Gasteiger partial charge is 0.323 e. The van der Waals surface area contributed by atoms with Gasteiger partial charge in [-0.05, 0) is 36.8 Å². The van der Waals surface area contributed by atoms with Gasteiger partial charge in [0, 0.05) is 12.4 Å². The lowest BCUT2D eigenvalue weighted by Crippen LogP contribution is -1.94. The summed E-state index contributed by atoms with van der Waals surface area (Å²) in [6.07, 6.45) is 3.87. The first-order valence-corrected chi connectivity index (χ1v) is 4.45. The number of aryl methyl sites for hydroxylation is 1. The highest BCUT2D eigenvalue weighted by Gasteiger charge is 2.02. The molecule has 0 saturated carbocycles. The minimum atomic E-state index is 0.709. The zero-order valence-electron chi connectivity index (χ0n) is 7.94. The van der Waals surface area contributed by atoms with Crippen LogP contribution in [0.2, 0.25) is 0 Å². The Morgan fingerprint density at radius 2 is 1.93 bits per heavy atom. The average molecular weight is 182 g/mol. The van der Waals surface area contributed by atoms with Crippen molar-refractivity contribution in [3.05, 3.63) is 53.9 Å². The monoisotopic (exact) mass is 182 g/mol. The fourth-order valence-electron chi connectivity index (χ4n) is 1.46. The Balaban J connectivity index is 2.60. The molecule has 2 heteroatoms. The van der Waals surface area contributed by atoms with Crippen LogP contribution in [-0.2, 0) is 0 Å². The normalized spacial score (nSPS) is 9.71. The molecule has 1 aromatic carbocycles. The summed E-state index contributed by atoms with van der Waals surface area (Å²) in [6, 6.07) is 12.0. The molecule has 0 aliphatic carbocycles. The van der Waals surface area contributed by atoms with Crippen molar-refractivity contribution in [2.75, 3.05) is 0 Å². The fourth-order valence-corrected chi connectivity index (χ4v) is 1.46. The molecule has 2 aromatic rings. The number of rotatable bonds is 1. The third kappa shape index (κ3) is 1.40. The number of nitriles is 1. The second-order valence-corrected chi connectivity index (χ2v) is 3.22. The zero-order chi connectivity index (χ0) is 9.97. The van der Waals surface area contributed by atoms with Crippen LogP contribution in [0.3, 0.4) is 0 Å². The van der Waals surface area contributed by atoms with Crippen molar-refractivity contribution in [3.8, 4) is 11.8 Å². The van der Waals surface area contributed by atoms with Crippen LogP contribution in [0.25, 0.3) is 5.69 Å². The van der Waals surface area contributed by atoms with Gasteiger partial charge in [0.15, 0.2) is 0 Å². The minimum absolute atomic E-state index is 0.709. The summed E-state index contributed by atoms with van der Waals surface area (Å²) in [7, 11) is 0. The molecule has 0 amide bonds. The summed E-state index contributed by atoms with van der Waals surface area (Å²) in [5.41, 5.74) is 2.75. The van der Waals surface area contributed by atoms with Crippen molar-refractivity contribution in [1.82, 2.24) is 4.57 Å². The van der Waals surface area contributed by atoms with Crippen molar-refractivity contribution in [2.24, 2.45) is 0 Å². The van der Waals surface area contributed by atoms with Gasteiger partial charge in [-0.15, -0.1) is 0 Å². The van der Waals surface area contributed by atoms with Crippen LogP contribution < -0.4 is 0 Å². The van der Waals surface area contributed by atoms with E-state index in [-0.39, 0.29) is 0 Å². The first-order valence-electron chi connectivity index (χ1n) is 4.45. The average Bonchev–Trinajstić information content (AvgIpc) is 2.70. The Morgan fingerprint density at radius 1 is 1.21 bits per heavy atom. The molecule has 0 bridgehead atoms. The van der Waals surface area contributed by atoms with E-state index in [1.54, 1.807) is 0 Å². The first kappa shape index (κ1) is 8.58. The van der Waals surface area contributed by atoms with Crippen LogP contribution in [0.4, 0.5) is 0 Å². The van der Waals surface area contributed by atoms with Crippen molar-refractivity contribution < 1.29 is 0 Å². The fraction of sp³-hybridized carbons (Fsp3) is 0.0833. The lowest BCUT2D eigenvalue weighted by atomic mass is 10.1. The molecular weight excluding hydrogens is 172 g/mol. The molecule has 68 valence electrons. The molecule has 1 aromatic heterocycles. The van der Waals surface area contributed by atoms with Crippen molar-refractivity contribution in [1.29, 1.82) is 5.26 Å². The van der Waals surface area contributed by atoms with Crippen LogP contribution in [0.5, 0.6) is 0 Å². The van der Waals surface area contributed by atoms with Crippen LogP contribution in [-0.4, -0.2) is 4.57 Å². The van der Waals surface area contributed by atoms with E-state index in [4.69, 9.17) is 5.26 Å². The van der Waals surface area contributed by atoms with Gasteiger partial charge in [-0.1, -0.05) is 6.07 Å². The number of nitrogens with zero attached hydrogens (tertiary/aromatic N) is 2. The third-order valence-corrected chi connectivity index (χ3v) is 2.16. The molecular formula is C12H10N2. The van der Waals surface area contributed by atoms with Crippen molar-refractivity contribution >= 4 is 0 Å². The van der Waals surface area contributed by atoms with E-state index in [1.165, 1.54) is 0 Å². The molecule has 0 radical (unpaired) electrons. The highest BCUT2D eigenvalue weighted by atomic mass is 14.9. The molecule has 0 saturated heterocycles. The maximum absolute atomic E-state index is 8.98. The quantitative estimate of drug-likeness (QED) is 0.666. The number of hydrogen-bond donors (Lipinski definition) is 0. The third-order valence-electron chi connectivity index (χ3n) is 2.16.